The number of nitrogen functional groups attached to an aromatic ring is 1. The smallest absolute Gasteiger partial charge is 0.148 e. The Labute approximate surface area is 102 Å². The van der Waals surface area contributed by atoms with E-state index in [1.54, 1.807) is 18.4 Å². The average Bonchev–Trinajstić information content (AvgIpc) is 2.75. The van der Waals surface area contributed by atoms with Gasteiger partial charge in [0.2, 0.25) is 0 Å². The van der Waals surface area contributed by atoms with Crippen LogP contribution >= 0.6 is 11.8 Å². The second-order valence-electron chi connectivity index (χ2n) is 3.36. The van der Waals surface area contributed by atoms with Gasteiger partial charge < -0.3 is 10.5 Å². The van der Waals surface area contributed by atoms with Crippen LogP contribution in [0.25, 0.3) is 11.1 Å². The zero-order valence-corrected chi connectivity index (χ0v) is 10.3. The van der Waals surface area contributed by atoms with Crippen LogP contribution < -0.4 is 10.5 Å². The zero-order chi connectivity index (χ0) is 12.4. The fourth-order valence-electron chi connectivity index (χ4n) is 1.61. The second-order valence-corrected chi connectivity index (χ2v) is 4.18. The lowest BCUT2D eigenvalue weighted by molar-refractivity contribution is 0.398. The van der Waals surface area contributed by atoms with Gasteiger partial charge in [-0.3, -0.25) is 5.10 Å². The summed E-state index contributed by atoms with van der Waals surface area (Å²) in [5, 5.41) is 6.37. The molecule has 0 amide bonds. The highest BCUT2D eigenvalue weighted by molar-refractivity contribution is 7.98. The molecule has 0 bridgehead atoms. The third-order valence-corrected chi connectivity index (χ3v) is 3.23. The first kappa shape index (κ1) is 11.8. The van der Waals surface area contributed by atoms with Crippen molar-refractivity contribution in [3.63, 3.8) is 0 Å². The van der Waals surface area contributed by atoms with E-state index in [0.29, 0.717) is 27.6 Å². The number of hydrogen-bond donors (Lipinski definition) is 2. The number of halogens is 1. The van der Waals surface area contributed by atoms with E-state index in [1.165, 1.54) is 25.1 Å². The molecular weight excluding hydrogens is 241 g/mol. The summed E-state index contributed by atoms with van der Waals surface area (Å²) < 4.78 is 19.4. The van der Waals surface area contributed by atoms with Gasteiger partial charge in [0.05, 0.1) is 18.2 Å². The summed E-state index contributed by atoms with van der Waals surface area (Å²) in [4.78, 5) is 0.464. The van der Waals surface area contributed by atoms with E-state index in [1.807, 2.05) is 0 Å². The molecule has 4 nitrogen and oxygen atoms in total. The van der Waals surface area contributed by atoms with Crippen LogP contribution in [0.4, 0.5) is 10.2 Å². The number of benzene rings is 1. The number of thioether (sulfide) groups is 1. The molecule has 1 aromatic heterocycles. The Morgan fingerprint density at radius 1 is 1.41 bits per heavy atom. The third kappa shape index (κ3) is 1.95. The first-order valence-corrected chi connectivity index (χ1v) is 6.11. The fraction of sp³-hybridized carbons (Fsp3) is 0.182. The normalized spacial score (nSPS) is 10.5. The molecule has 0 saturated heterocycles. The molecule has 1 aromatic carbocycles. The van der Waals surface area contributed by atoms with Gasteiger partial charge >= 0.3 is 0 Å². The number of nitrogens with zero attached hydrogens (tertiary/aromatic N) is 1. The average molecular weight is 253 g/mol. The molecule has 0 spiro atoms. The Balaban J connectivity index is 2.61. The lowest BCUT2D eigenvalue weighted by atomic mass is 10.1. The second kappa shape index (κ2) is 4.67. The van der Waals surface area contributed by atoms with Crippen LogP contribution in [0.2, 0.25) is 0 Å². The lowest BCUT2D eigenvalue weighted by Gasteiger charge is -2.10. The Hall–Kier alpha value is -1.69. The van der Waals surface area contributed by atoms with E-state index in [2.05, 4.69) is 10.2 Å². The first-order valence-electron chi connectivity index (χ1n) is 4.88. The van der Waals surface area contributed by atoms with Crippen LogP contribution in [0.15, 0.2) is 23.2 Å². The van der Waals surface area contributed by atoms with Crippen molar-refractivity contribution in [2.75, 3.05) is 19.1 Å². The number of H-pyrrole nitrogens is 1. The predicted molar refractivity (Wildman–Crippen MR) is 66.7 cm³/mol. The van der Waals surface area contributed by atoms with E-state index >= 15 is 0 Å². The quantitative estimate of drug-likeness (QED) is 0.825. The third-order valence-electron chi connectivity index (χ3n) is 2.44. The number of nitrogens with two attached hydrogens (primary N) is 1. The number of aromatic amines is 1. The van der Waals surface area contributed by atoms with Gasteiger partial charge in [0.25, 0.3) is 0 Å². The zero-order valence-electron chi connectivity index (χ0n) is 9.45. The van der Waals surface area contributed by atoms with Crippen LogP contribution in [0.3, 0.4) is 0 Å². The highest BCUT2D eigenvalue weighted by Crippen LogP contribution is 2.37. The summed E-state index contributed by atoms with van der Waals surface area (Å²) in [6.45, 7) is 0. The first-order chi connectivity index (χ1) is 8.19. The van der Waals surface area contributed by atoms with Gasteiger partial charge in [0.15, 0.2) is 0 Å². The molecule has 1 heterocycles. The minimum absolute atomic E-state index is 0.343. The van der Waals surface area contributed by atoms with E-state index in [-0.39, 0.29) is 5.82 Å². The van der Waals surface area contributed by atoms with Crippen molar-refractivity contribution in [1.29, 1.82) is 0 Å². The molecule has 0 aliphatic heterocycles. The lowest BCUT2D eigenvalue weighted by Crippen LogP contribution is -1.94. The number of anilines is 1. The number of rotatable bonds is 3. The Bertz CT molecular complexity index is 542. The maximum absolute atomic E-state index is 14.3. The molecule has 0 aliphatic carbocycles. The summed E-state index contributed by atoms with van der Waals surface area (Å²) in [5.74, 6) is 0.520. The van der Waals surface area contributed by atoms with Gasteiger partial charge in [-0.05, 0) is 18.4 Å². The monoisotopic (exact) mass is 253 g/mol. The van der Waals surface area contributed by atoms with Crippen molar-refractivity contribution in [3.05, 3.63) is 24.1 Å². The Kier molecular flexibility index (Phi) is 3.23. The van der Waals surface area contributed by atoms with Crippen molar-refractivity contribution < 1.29 is 9.13 Å². The number of nitrogens with one attached hydrogen (secondary N) is 1. The minimum Gasteiger partial charge on any atom is -0.495 e. The van der Waals surface area contributed by atoms with Crippen molar-refractivity contribution in [1.82, 2.24) is 10.2 Å². The number of hydrogen-bond acceptors (Lipinski definition) is 4. The fourth-order valence-corrected chi connectivity index (χ4v) is 2.25. The molecule has 2 aromatic rings. The van der Waals surface area contributed by atoms with Crippen molar-refractivity contribution in [3.8, 4) is 16.9 Å². The molecule has 0 unspecified atom stereocenters. The van der Waals surface area contributed by atoms with Crippen molar-refractivity contribution in [2.24, 2.45) is 0 Å². The maximum Gasteiger partial charge on any atom is 0.148 e. The van der Waals surface area contributed by atoms with E-state index in [4.69, 9.17) is 10.5 Å². The summed E-state index contributed by atoms with van der Waals surface area (Å²) in [5.41, 5.74) is 6.65. The molecule has 17 heavy (non-hydrogen) atoms. The highest BCUT2D eigenvalue weighted by atomic mass is 32.2. The van der Waals surface area contributed by atoms with Crippen LogP contribution in [0.1, 0.15) is 0 Å². The van der Waals surface area contributed by atoms with Crippen LogP contribution in [-0.4, -0.2) is 23.6 Å². The van der Waals surface area contributed by atoms with Gasteiger partial charge in [0, 0.05) is 11.1 Å². The summed E-state index contributed by atoms with van der Waals surface area (Å²) in [6, 6.07) is 3.35. The molecule has 3 N–H and O–H groups in total. The minimum atomic E-state index is -0.343. The van der Waals surface area contributed by atoms with Gasteiger partial charge in [-0.2, -0.15) is 5.10 Å². The van der Waals surface area contributed by atoms with Gasteiger partial charge in [-0.15, -0.1) is 11.8 Å². The molecule has 0 aliphatic rings. The number of methoxy groups -OCH3 is 1. The molecule has 0 radical (unpaired) electrons. The number of ether oxygens (including phenoxy) is 1. The SMILES string of the molecule is COc1ccc(-c2cn[nH]c2N)c(F)c1SC. The van der Waals surface area contributed by atoms with E-state index in [0.717, 1.165) is 0 Å². The van der Waals surface area contributed by atoms with Crippen molar-refractivity contribution >= 4 is 17.6 Å². The highest BCUT2D eigenvalue weighted by Gasteiger charge is 2.16. The van der Waals surface area contributed by atoms with Crippen LogP contribution in [0, 0.1) is 5.82 Å². The molecule has 2 rings (SSSR count). The standard InChI is InChI=1S/C11H12FN3OS/c1-16-8-4-3-6(9(12)10(8)17-2)7-5-14-15-11(7)13/h3-5H,1-2H3,(H3,13,14,15). The topological polar surface area (TPSA) is 63.9 Å². The Morgan fingerprint density at radius 2 is 2.18 bits per heavy atom. The molecule has 0 atom stereocenters. The largest absolute Gasteiger partial charge is 0.495 e. The molecule has 90 valence electrons. The molecule has 0 fully saturated rings. The van der Waals surface area contributed by atoms with Gasteiger partial charge in [-0.25, -0.2) is 4.39 Å². The maximum atomic E-state index is 14.3. The molecule has 0 saturated carbocycles. The summed E-state index contributed by atoms with van der Waals surface area (Å²) in [6.07, 6.45) is 3.30. The van der Waals surface area contributed by atoms with E-state index < -0.39 is 0 Å². The van der Waals surface area contributed by atoms with Crippen LogP contribution in [0.5, 0.6) is 5.75 Å². The van der Waals surface area contributed by atoms with E-state index in [9.17, 15) is 4.39 Å². The molecule has 6 heteroatoms. The van der Waals surface area contributed by atoms with Crippen LogP contribution in [-0.2, 0) is 0 Å². The summed E-state index contributed by atoms with van der Waals surface area (Å²) >= 11 is 1.29. The molecular formula is C11H12FN3OS. The van der Waals surface area contributed by atoms with Crippen molar-refractivity contribution in [2.45, 2.75) is 4.90 Å². The predicted octanol–water partition coefficient (Wildman–Crippen LogP) is 2.53. The van der Waals surface area contributed by atoms with Gasteiger partial charge in [-0.1, -0.05) is 0 Å². The summed E-state index contributed by atoms with van der Waals surface area (Å²) in [7, 11) is 1.51. The number of aromatic nitrogens is 2. The Morgan fingerprint density at radius 3 is 2.71 bits per heavy atom. The van der Waals surface area contributed by atoms with Gasteiger partial charge in [0.1, 0.15) is 17.4 Å².